The van der Waals surface area contributed by atoms with Crippen LogP contribution in [0.1, 0.15) is 19.8 Å². The Labute approximate surface area is 75.7 Å². The van der Waals surface area contributed by atoms with Gasteiger partial charge in [-0.1, -0.05) is 5.92 Å². The molecule has 1 aliphatic rings. The molecule has 1 unspecified atom stereocenters. The molecule has 0 radical (unpaired) electrons. The topological polar surface area (TPSA) is 29.1 Å². The van der Waals surface area contributed by atoms with Gasteiger partial charge in [-0.05, 0) is 31.6 Å². The van der Waals surface area contributed by atoms with Crippen molar-refractivity contribution in [3.8, 4) is 11.8 Å². The van der Waals surface area contributed by atoms with Crippen LogP contribution < -0.4 is 5.32 Å². The molecule has 0 aromatic rings. The average molecular weight is 187 g/mol. The SMILES string of the molecule is CC#CC(=O)NC(C(F)F)C1CC1. The number of rotatable bonds is 3. The van der Waals surface area contributed by atoms with Crippen molar-refractivity contribution < 1.29 is 13.6 Å². The predicted octanol–water partition coefficient (Wildman–Crippen LogP) is 1.17. The summed E-state index contributed by atoms with van der Waals surface area (Å²) in [7, 11) is 0. The van der Waals surface area contributed by atoms with Crippen LogP contribution in [0, 0.1) is 17.8 Å². The number of nitrogens with one attached hydrogen (secondary N) is 1. The number of halogens is 2. The molecular weight excluding hydrogens is 176 g/mol. The van der Waals surface area contributed by atoms with Crippen molar-refractivity contribution in [2.45, 2.75) is 32.2 Å². The molecule has 0 bridgehead atoms. The molecule has 0 aliphatic heterocycles. The lowest BCUT2D eigenvalue weighted by atomic mass is 10.2. The maximum atomic E-state index is 12.3. The maximum absolute atomic E-state index is 12.3. The minimum Gasteiger partial charge on any atom is -0.336 e. The zero-order chi connectivity index (χ0) is 9.84. The third kappa shape index (κ3) is 3.02. The minimum absolute atomic E-state index is 0.0531. The van der Waals surface area contributed by atoms with E-state index in [0.717, 1.165) is 12.8 Å². The van der Waals surface area contributed by atoms with Crippen LogP contribution in [-0.2, 0) is 4.79 Å². The lowest BCUT2D eigenvalue weighted by Gasteiger charge is -2.14. The second-order valence-corrected chi connectivity index (χ2v) is 3.05. The molecular formula is C9H11F2NO. The van der Waals surface area contributed by atoms with Crippen LogP contribution in [0.15, 0.2) is 0 Å². The zero-order valence-electron chi connectivity index (χ0n) is 7.31. The molecule has 4 heteroatoms. The highest BCUT2D eigenvalue weighted by Crippen LogP contribution is 2.35. The normalized spacial score (nSPS) is 17.5. The summed E-state index contributed by atoms with van der Waals surface area (Å²) in [6.07, 6.45) is -0.945. The summed E-state index contributed by atoms with van der Waals surface area (Å²) in [5.41, 5.74) is 0. The average Bonchev–Trinajstić information content (AvgIpc) is 2.82. The number of alkyl halides is 2. The van der Waals surface area contributed by atoms with Crippen molar-refractivity contribution >= 4 is 5.91 Å². The standard InChI is InChI=1S/C9H11F2NO/c1-2-3-7(13)12-8(9(10)11)6-4-5-6/h6,8-9H,4-5H2,1H3,(H,12,13). The van der Waals surface area contributed by atoms with Crippen molar-refractivity contribution in [2.75, 3.05) is 0 Å². The van der Waals surface area contributed by atoms with E-state index in [1.54, 1.807) is 0 Å². The van der Waals surface area contributed by atoms with E-state index in [2.05, 4.69) is 17.2 Å². The van der Waals surface area contributed by atoms with Crippen molar-refractivity contribution in [1.82, 2.24) is 5.32 Å². The van der Waals surface area contributed by atoms with E-state index in [-0.39, 0.29) is 5.92 Å². The van der Waals surface area contributed by atoms with Gasteiger partial charge in [-0.2, -0.15) is 0 Å². The van der Waals surface area contributed by atoms with Gasteiger partial charge in [0.15, 0.2) is 0 Å². The summed E-state index contributed by atoms with van der Waals surface area (Å²) in [6, 6.07) is -1.01. The van der Waals surface area contributed by atoms with Crippen LogP contribution in [0.2, 0.25) is 0 Å². The van der Waals surface area contributed by atoms with E-state index in [1.807, 2.05) is 0 Å². The smallest absolute Gasteiger partial charge is 0.296 e. The Bertz CT molecular complexity index is 248. The van der Waals surface area contributed by atoms with Crippen molar-refractivity contribution in [1.29, 1.82) is 0 Å². The van der Waals surface area contributed by atoms with Crippen LogP contribution >= 0.6 is 0 Å². The summed E-state index contributed by atoms with van der Waals surface area (Å²) in [5.74, 6) is 3.88. The molecule has 0 spiro atoms. The van der Waals surface area contributed by atoms with Gasteiger partial charge < -0.3 is 5.32 Å². The minimum atomic E-state index is -2.49. The van der Waals surface area contributed by atoms with Gasteiger partial charge in [0.2, 0.25) is 0 Å². The van der Waals surface area contributed by atoms with Crippen LogP contribution in [0.4, 0.5) is 8.78 Å². The summed E-state index contributed by atoms with van der Waals surface area (Å²) >= 11 is 0. The second kappa shape index (κ2) is 4.22. The highest BCUT2D eigenvalue weighted by molar-refractivity contribution is 5.93. The number of amides is 1. The second-order valence-electron chi connectivity index (χ2n) is 3.05. The van der Waals surface area contributed by atoms with Gasteiger partial charge in [0.1, 0.15) is 0 Å². The van der Waals surface area contributed by atoms with Gasteiger partial charge in [-0.15, -0.1) is 0 Å². The molecule has 0 aromatic heterocycles. The molecule has 0 aromatic carbocycles. The Balaban J connectivity index is 2.45. The fourth-order valence-electron chi connectivity index (χ4n) is 1.14. The summed E-state index contributed by atoms with van der Waals surface area (Å²) < 4.78 is 24.7. The van der Waals surface area contributed by atoms with Crippen LogP contribution in [0.5, 0.6) is 0 Å². The molecule has 1 aliphatic carbocycles. The molecule has 1 amide bonds. The van der Waals surface area contributed by atoms with E-state index in [4.69, 9.17) is 0 Å². The fraction of sp³-hybridized carbons (Fsp3) is 0.667. The Kier molecular flexibility index (Phi) is 3.24. The lowest BCUT2D eigenvalue weighted by Crippen LogP contribution is -2.40. The van der Waals surface area contributed by atoms with Crippen LogP contribution in [0.25, 0.3) is 0 Å². The first kappa shape index (κ1) is 9.97. The third-order valence-corrected chi connectivity index (χ3v) is 1.94. The zero-order valence-corrected chi connectivity index (χ0v) is 7.31. The Morgan fingerprint density at radius 2 is 2.15 bits per heavy atom. The number of carbonyl (C=O) groups is 1. The molecule has 1 atom stereocenters. The van der Waals surface area contributed by atoms with Gasteiger partial charge in [0.25, 0.3) is 12.3 Å². The number of hydrogen-bond donors (Lipinski definition) is 1. The fourth-order valence-corrected chi connectivity index (χ4v) is 1.14. The van der Waals surface area contributed by atoms with Gasteiger partial charge in [0, 0.05) is 0 Å². The van der Waals surface area contributed by atoms with Gasteiger partial charge in [-0.25, -0.2) is 8.78 Å². The van der Waals surface area contributed by atoms with Crippen LogP contribution in [-0.4, -0.2) is 18.4 Å². The first-order chi connectivity index (χ1) is 6.15. The monoisotopic (exact) mass is 187 g/mol. The first-order valence-electron chi connectivity index (χ1n) is 4.16. The Hall–Kier alpha value is -1.11. The number of carbonyl (C=O) groups excluding carboxylic acids is 1. The maximum Gasteiger partial charge on any atom is 0.296 e. The quantitative estimate of drug-likeness (QED) is 0.660. The van der Waals surface area contributed by atoms with Gasteiger partial charge in [0.05, 0.1) is 6.04 Å². The van der Waals surface area contributed by atoms with Crippen molar-refractivity contribution in [2.24, 2.45) is 5.92 Å². The van der Waals surface area contributed by atoms with Crippen molar-refractivity contribution in [3.63, 3.8) is 0 Å². The van der Waals surface area contributed by atoms with E-state index in [1.165, 1.54) is 6.92 Å². The summed E-state index contributed by atoms with van der Waals surface area (Å²) in [4.78, 5) is 10.9. The number of hydrogen-bond acceptors (Lipinski definition) is 1. The molecule has 1 saturated carbocycles. The molecule has 1 N–H and O–H groups in total. The molecule has 13 heavy (non-hydrogen) atoms. The Morgan fingerprint density at radius 1 is 1.54 bits per heavy atom. The highest BCUT2D eigenvalue weighted by atomic mass is 19.3. The van der Waals surface area contributed by atoms with E-state index in [0.29, 0.717) is 0 Å². The van der Waals surface area contributed by atoms with Crippen LogP contribution in [0.3, 0.4) is 0 Å². The van der Waals surface area contributed by atoms with Crippen molar-refractivity contribution in [3.05, 3.63) is 0 Å². The highest BCUT2D eigenvalue weighted by Gasteiger charge is 2.37. The lowest BCUT2D eigenvalue weighted by molar-refractivity contribution is -0.117. The Morgan fingerprint density at radius 3 is 2.54 bits per heavy atom. The molecule has 0 saturated heterocycles. The molecule has 1 fully saturated rings. The van der Waals surface area contributed by atoms with Gasteiger partial charge >= 0.3 is 0 Å². The largest absolute Gasteiger partial charge is 0.336 e. The molecule has 2 nitrogen and oxygen atoms in total. The van der Waals surface area contributed by atoms with Gasteiger partial charge in [-0.3, -0.25) is 4.79 Å². The van der Waals surface area contributed by atoms with E-state index < -0.39 is 18.4 Å². The summed E-state index contributed by atoms with van der Waals surface area (Å²) in [5, 5.41) is 2.22. The molecule has 0 heterocycles. The van der Waals surface area contributed by atoms with E-state index in [9.17, 15) is 13.6 Å². The third-order valence-electron chi connectivity index (χ3n) is 1.94. The molecule has 1 rings (SSSR count). The summed E-state index contributed by atoms with van der Waals surface area (Å²) in [6.45, 7) is 1.49. The molecule has 72 valence electrons. The van der Waals surface area contributed by atoms with E-state index >= 15 is 0 Å². The first-order valence-corrected chi connectivity index (χ1v) is 4.16. The predicted molar refractivity (Wildman–Crippen MR) is 44.1 cm³/mol.